The van der Waals surface area contributed by atoms with Gasteiger partial charge >= 0.3 is 0 Å². The molecule has 1 saturated carbocycles. The second kappa shape index (κ2) is 2.68. The van der Waals surface area contributed by atoms with Gasteiger partial charge < -0.3 is 0 Å². The van der Waals surface area contributed by atoms with E-state index in [2.05, 4.69) is 13.8 Å². The largest absolute Gasteiger partial charge is 0.247 e. The quantitative estimate of drug-likeness (QED) is 0.473. The van der Waals surface area contributed by atoms with Crippen molar-refractivity contribution in [3.05, 3.63) is 0 Å². The van der Waals surface area contributed by atoms with Crippen LogP contribution >= 0.6 is 0 Å². The number of hydrogen-bond acceptors (Lipinski definition) is 0. The molecule has 0 nitrogen and oxygen atoms in total. The molecule has 1 heteroatoms. The second-order valence-corrected chi connectivity index (χ2v) is 3.36. The average Bonchev–Trinajstić information content (AvgIpc) is 1.80. The van der Waals surface area contributed by atoms with E-state index < -0.39 is 6.17 Å². The van der Waals surface area contributed by atoms with Gasteiger partial charge in [-0.1, -0.05) is 13.8 Å². The summed E-state index contributed by atoms with van der Waals surface area (Å²) in [5.41, 5.74) is 0. The van der Waals surface area contributed by atoms with Crippen LogP contribution in [0.25, 0.3) is 0 Å². The molecule has 0 aromatic heterocycles. The fraction of sp³-hybridized carbons (Fsp3) is 1.00. The Bertz CT molecular complexity index is 90.6. The van der Waals surface area contributed by atoms with E-state index in [-0.39, 0.29) is 0 Å². The van der Waals surface area contributed by atoms with Crippen LogP contribution in [-0.2, 0) is 0 Å². The van der Waals surface area contributed by atoms with Crippen molar-refractivity contribution in [3.63, 3.8) is 0 Å². The van der Waals surface area contributed by atoms with Crippen molar-refractivity contribution in [1.29, 1.82) is 0 Å². The highest BCUT2D eigenvalue weighted by Gasteiger charge is 2.23. The van der Waals surface area contributed by atoms with E-state index in [1.54, 1.807) is 0 Å². The molecule has 0 aromatic rings. The minimum atomic E-state index is -0.504. The van der Waals surface area contributed by atoms with Crippen molar-refractivity contribution in [2.24, 2.45) is 11.8 Å². The summed E-state index contributed by atoms with van der Waals surface area (Å²) in [5, 5.41) is 0. The highest BCUT2D eigenvalue weighted by molar-refractivity contribution is 4.74. The predicted octanol–water partition coefficient (Wildman–Crippen LogP) is 2.78. The number of hydrogen-bond donors (Lipinski definition) is 0. The van der Waals surface area contributed by atoms with Gasteiger partial charge in [-0.05, 0) is 31.1 Å². The zero-order valence-electron chi connectivity index (χ0n) is 6.23. The lowest BCUT2D eigenvalue weighted by atomic mass is 9.81. The summed E-state index contributed by atoms with van der Waals surface area (Å²) in [7, 11) is 0. The molecule has 9 heavy (non-hydrogen) atoms. The lowest BCUT2D eigenvalue weighted by Gasteiger charge is -2.27. The van der Waals surface area contributed by atoms with E-state index in [0.717, 1.165) is 25.2 Å². The number of halogens is 1. The van der Waals surface area contributed by atoms with E-state index in [0.29, 0.717) is 5.92 Å². The lowest BCUT2D eigenvalue weighted by molar-refractivity contribution is 0.161. The van der Waals surface area contributed by atoms with Crippen molar-refractivity contribution in [2.75, 3.05) is 0 Å². The Labute approximate surface area is 56.5 Å². The van der Waals surface area contributed by atoms with Gasteiger partial charge in [0.05, 0.1) is 0 Å². The molecule has 0 aliphatic heterocycles. The Balaban J connectivity index is 2.35. The van der Waals surface area contributed by atoms with E-state index in [4.69, 9.17) is 0 Å². The topological polar surface area (TPSA) is 0 Å². The molecule has 1 aliphatic rings. The van der Waals surface area contributed by atoms with Gasteiger partial charge in [0.25, 0.3) is 0 Å². The minimum Gasteiger partial charge on any atom is -0.247 e. The Kier molecular flexibility index (Phi) is 2.09. The molecule has 54 valence electrons. The van der Waals surface area contributed by atoms with Gasteiger partial charge in [0.15, 0.2) is 0 Å². The van der Waals surface area contributed by atoms with Crippen LogP contribution in [0.3, 0.4) is 0 Å². The molecule has 0 saturated heterocycles. The van der Waals surface area contributed by atoms with Gasteiger partial charge in [-0.2, -0.15) is 0 Å². The fourth-order valence-electron chi connectivity index (χ4n) is 1.48. The van der Waals surface area contributed by atoms with E-state index in [1.165, 1.54) is 0 Å². The minimum absolute atomic E-state index is 0.504. The fourth-order valence-corrected chi connectivity index (χ4v) is 1.48. The molecule has 0 bridgehead atoms. The summed E-state index contributed by atoms with van der Waals surface area (Å²) in [4.78, 5) is 0. The zero-order valence-corrected chi connectivity index (χ0v) is 6.23. The number of alkyl halides is 1. The Morgan fingerprint density at radius 1 is 1.11 bits per heavy atom. The van der Waals surface area contributed by atoms with Gasteiger partial charge in [0.1, 0.15) is 6.17 Å². The summed E-state index contributed by atoms with van der Waals surface area (Å²) in [6, 6.07) is 0. The molecule has 0 radical (unpaired) electrons. The first kappa shape index (κ1) is 7.04. The van der Waals surface area contributed by atoms with Gasteiger partial charge in [-0.15, -0.1) is 0 Å². The monoisotopic (exact) mass is 130 g/mol. The molecule has 1 rings (SSSR count). The molecule has 0 N–H and O–H groups in total. The number of rotatable bonds is 0. The summed E-state index contributed by atoms with van der Waals surface area (Å²) in [6.45, 7) is 4.37. The predicted molar refractivity (Wildman–Crippen MR) is 37.1 cm³/mol. The van der Waals surface area contributed by atoms with Crippen molar-refractivity contribution < 1.29 is 4.39 Å². The summed E-state index contributed by atoms with van der Waals surface area (Å²) in [5.74, 6) is 1.35. The third-order valence-electron chi connectivity index (χ3n) is 2.53. The first-order valence-corrected chi connectivity index (χ1v) is 3.84. The Morgan fingerprint density at radius 3 is 2.22 bits per heavy atom. The summed E-state index contributed by atoms with van der Waals surface area (Å²) >= 11 is 0. The van der Waals surface area contributed by atoms with Crippen LogP contribution < -0.4 is 0 Å². The van der Waals surface area contributed by atoms with Gasteiger partial charge in [-0.3, -0.25) is 0 Å². The van der Waals surface area contributed by atoms with Gasteiger partial charge in [-0.25, -0.2) is 4.39 Å². The molecule has 0 amide bonds. The van der Waals surface area contributed by atoms with Crippen LogP contribution in [0.4, 0.5) is 4.39 Å². The zero-order chi connectivity index (χ0) is 6.85. The molecule has 2 unspecified atom stereocenters. The van der Waals surface area contributed by atoms with Crippen LogP contribution in [0.15, 0.2) is 0 Å². The van der Waals surface area contributed by atoms with Crippen LogP contribution in [0, 0.1) is 11.8 Å². The average molecular weight is 130 g/mol. The van der Waals surface area contributed by atoms with Crippen molar-refractivity contribution in [3.8, 4) is 0 Å². The molecule has 0 aromatic carbocycles. The third-order valence-corrected chi connectivity index (χ3v) is 2.53. The maximum absolute atomic E-state index is 12.6. The second-order valence-electron chi connectivity index (χ2n) is 3.36. The standard InChI is InChI=1S/C8H15F/c1-6-3-4-8(9)5-7(6)2/h6-8H,3-5H2,1-2H3/t6?,7-,8?/m1/s1. The molecule has 0 spiro atoms. The molecule has 0 heterocycles. The molecular formula is C8H15F. The lowest BCUT2D eigenvalue weighted by Crippen LogP contribution is -2.21. The molecule has 1 aliphatic carbocycles. The van der Waals surface area contributed by atoms with Crippen molar-refractivity contribution >= 4 is 0 Å². The summed E-state index contributed by atoms with van der Waals surface area (Å²) in [6.07, 6.45) is 2.17. The van der Waals surface area contributed by atoms with Gasteiger partial charge in [0.2, 0.25) is 0 Å². The maximum Gasteiger partial charge on any atom is 0.100 e. The smallest absolute Gasteiger partial charge is 0.100 e. The Hall–Kier alpha value is -0.0700. The molecule has 1 fully saturated rings. The maximum atomic E-state index is 12.6. The van der Waals surface area contributed by atoms with Gasteiger partial charge in [0, 0.05) is 0 Å². The highest BCUT2D eigenvalue weighted by atomic mass is 19.1. The Morgan fingerprint density at radius 2 is 1.78 bits per heavy atom. The van der Waals surface area contributed by atoms with Crippen LogP contribution in [-0.4, -0.2) is 6.17 Å². The van der Waals surface area contributed by atoms with Crippen LogP contribution in [0.1, 0.15) is 33.1 Å². The molecule has 3 atom stereocenters. The van der Waals surface area contributed by atoms with E-state index >= 15 is 0 Å². The van der Waals surface area contributed by atoms with Crippen molar-refractivity contribution in [1.82, 2.24) is 0 Å². The normalized spacial score (nSPS) is 45.0. The van der Waals surface area contributed by atoms with E-state index in [1.807, 2.05) is 0 Å². The first-order chi connectivity index (χ1) is 4.20. The van der Waals surface area contributed by atoms with Crippen LogP contribution in [0.5, 0.6) is 0 Å². The van der Waals surface area contributed by atoms with E-state index in [9.17, 15) is 4.39 Å². The first-order valence-electron chi connectivity index (χ1n) is 3.84. The third kappa shape index (κ3) is 1.67. The van der Waals surface area contributed by atoms with Crippen LogP contribution in [0.2, 0.25) is 0 Å². The molecular weight excluding hydrogens is 115 g/mol. The SMILES string of the molecule is CC1CCC(F)C[C@H]1C. The van der Waals surface area contributed by atoms with Crippen molar-refractivity contribution in [2.45, 2.75) is 39.3 Å². The summed E-state index contributed by atoms with van der Waals surface area (Å²) < 4.78 is 12.6. The highest BCUT2D eigenvalue weighted by Crippen LogP contribution is 2.30.